The molecule has 0 saturated heterocycles. The summed E-state index contributed by atoms with van der Waals surface area (Å²) in [5.74, 6) is 0.474. The Balaban J connectivity index is 3.08. The minimum absolute atomic E-state index is 0.0789. The lowest BCUT2D eigenvalue weighted by molar-refractivity contribution is -0.136. The highest BCUT2D eigenvalue weighted by molar-refractivity contribution is 5.82. The molecule has 0 aliphatic carbocycles. The van der Waals surface area contributed by atoms with E-state index in [1.807, 2.05) is 20.8 Å². The molecular weight excluding hydrogens is 305 g/mol. The van der Waals surface area contributed by atoms with Crippen LogP contribution in [0.2, 0.25) is 0 Å². The molecule has 1 heterocycles. The fourth-order valence-electron chi connectivity index (χ4n) is 2.59. The predicted molar refractivity (Wildman–Crippen MR) is 84.7 cm³/mol. The molecule has 2 rings (SSSR count). The molecule has 1 aromatic carbocycles. The molecule has 0 aliphatic rings. The number of fused-ring (bicyclic) bond motifs is 1. The van der Waals surface area contributed by atoms with E-state index in [0.29, 0.717) is 5.82 Å². The first-order chi connectivity index (χ1) is 10.2. The third-order valence-electron chi connectivity index (χ3n) is 3.54. The molecule has 126 valence electrons. The van der Waals surface area contributed by atoms with Gasteiger partial charge < -0.3 is 0 Å². The molecule has 3 nitrogen and oxygen atoms in total. The summed E-state index contributed by atoms with van der Waals surface area (Å²) in [6, 6.07) is 3.66. The van der Waals surface area contributed by atoms with Gasteiger partial charge in [0.15, 0.2) is 0 Å². The highest BCUT2D eigenvalue weighted by Gasteiger charge is 2.36. The lowest BCUT2D eigenvalue weighted by Crippen LogP contribution is -2.41. The van der Waals surface area contributed by atoms with Gasteiger partial charge in [0.05, 0.1) is 16.5 Å². The molecular formula is C17H21F3N2O. The smallest absolute Gasteiger partial charge is 0.290 e. The van der Waals surface area contributed by atoms with Gasteiger partial charge in [-0.15, -0.1) is 0 Å². The van der Waals surface area contributed by atoms with Crippen molar-refractivity contribution in [3.05, 3.63) is 39.9 Å². The minimum atomic E-state index is -4.60. The topological polar surface area (TPSA) is 34.9 Å². The van der Waals surface area contributed by atoms with Gasteiger partial charge in [0, 0.05) is 11.0 Å². The van der Waals surface area contributed by atoms with E-state index >= 15 is 0 Å². The fraction of sp³-hybridized carbons (Fsp3) is 0.529. The van der Waals surface area contributed by atoms with Crippen LogP contribution in [-0.4, -0.2) is 9.55 Å². The second kappa shape index (κ2) is 5.08. The SMILES string of the molecule is CC(C)(C)c1nc2cccc(C(F)(F)F)c2c(=O)n1C(C)(C)C. The lowest BCUT2D eigenvalue weighted by Gasteiger charge is -2.31. The maximum absolute atomic E-state index is 13.3. The van der Waals surface area contributed by atoms with Crippen molar-refractivity contribution in [1.29, 1.82) is 0 Å². The van der Waals surface area contributed by atoms with Gasteiger partial charge in [-0.1, -0.05) is 26.8 Å². The van der Waals surface area contributed by atoms with Crippen molar-refractivity contribution in [3.63, 3.8) is 0 Å². The van der Waals surface area contributed by atoms with Crippen molar-refractivity contribution in [3.8, 4) is 0 Å². The van der Waals surface area contributed by atoms with E-state index < -0.39 is 28.3 Å². The van der Waals surface area contributed by atoms with E-state index in [4.69, 9.17) is 0 Å². The zero-order valence-electron chi connectivity index (χ0n) is 14.2. The Morgan fingerprint density at radius 1 is 1.00 bits per heavy atom. The van der Waals surface area contributed by atoms with E-state index in [9.17, 15) is 18.0 Å². The Labute approximate surface area is 133 Å². The van der Waals surface area contributed by atoms with Crippen molar-refractivity contribution in [2.75, 3.05) is 0 Å². The summed E-state index contributed by atoms with van der Waals surface area (Å²) in [6.45, 7) is 11.0. The maximum atomic E-state index is 13.3. The van der Waals surface area contributed by atoms with Crippen molar-refractivity contribution in [2.45, 2.75) is 58.7 Å². The van der Waals surface area contributed by atoms with E-state index in [0.717, 1.165) is 6.07 Å². The number of hydrogen-bond acceptors (Lipinski definition) is 2. The summed E-state index contributed by atoms with van der Waals surface area (Å²) in [5, 5.41) is -0.372. The van der Waals surface area contributed by atoms with Gasteiger partial charge >= 0.3 is 6.18 Å². The predicted octanol–water partition coefficient (Wildman–Crippen LogP) is 4.47. The number of halogens is 3. The van der Waals surface area contributed by atoms with E-state index in [2.05, 4.69) is 4.98 Å². The van der Waals surface area contributed by atoms with Gasteiger partial charge in [-0.25, -0.2) is 4.98 Å². The van der Waals surface area contributed by atoms with Crippen LogP contribution in [0.3, 0.4) is 0 Å². The van der Waals surface area contributed by atoms with Crippen molar-refractivity contribution >= 4 is 10.9 Å². The van der Waals surface area contributed by atoms with Crippen LogP contribution in [0.4, 0.5) is 13.2 Å². The molecule has 0 atom stereocenters. The first kappa shape index (κ1) is 17.5. The van der Waals surface area contributed by atoms with Gasteiger partial charge in [-0.2, -0.15) is 13.2 Å². The molecule has 0 fully saturated rings. The van der Waals surface area contributed by atoms with Crippen LogP contribution in [0.1, 0.15) is 52.9 Å². The average molecular weight is 326 g/mol. The van der Waals surface area contributed by atoms with Crippen LogP contribution in [0.15, 0.2) is 23.0 Å². The summed E-state index contributed by atoms with van der Waals surface area (Å²) in [4.78, 5) is 17.3. The number of benzene rings is 1. The first-order valence-corrected chi connectivity index (χ1v) is 7.38. The Bertz CT molecular complexity index is 806. The normalized spacial score (nSPS) is 13.6. The van der Waals surface area contributed by atoms with Crippen LogP contribution < -0.4 is 5.56 Å². The first-order valence-electron chi connectivity index (χ1n) is 7.38. The number of hydrogen-bond donors (Lipinski definition) is 0. The molecule has 0 amide bonds. The van der Waals surface area contributed by atoms with E-state index in [1.165, 1.54) is 16.7 Å². The zero-order valence-corrected chi connectivity index (χ0v) is 14.2. The van der Waals surface area contributed by atoms with Gasteiger partial charge in [-0.05, 0) is 32.9 Å². The summed E-state index contributed by atoms with van der Waals surface area (Å²) in [5.41, 5.74) is -2.67. The molecule has 2 aromatic rings. The van der Waals surface area contributed by atoms with Crippen LogP contribution in [0, 0.1) is 0 Å². The largest absolute Gasteiger partial charge is 0.417 e. The number of alkyl halides is 3. The van der Waals surface area contributed by atoms with Gasteiger partial charge in [0.2, 0.25) is 0 Å². The Morgan fingerprint density at radius 2 is 1.57 bits per heavy atom. The maximum Gasteiger partial charge on any atom is 0.417 e. The summed E-state index contributed by atoms with van der Waals surface area (Å²) >= 11 is 0. The summed E-state index contributed by atoms with van der Waals surface area (Å²) in [6.07, 6.45) is -4.60. The summed E-state index contributed by atoms with van der Waals surface area (Å²) in [7, 11) is 0. The zero-order chi connectivity index (χ0) is 17.8. The fourth-order valence-corrected chi connectivity index (χ4v) is 2.59. The quantitative estimate of drug-likeness (QED) is 0.716. The average Bonchev–Trinajstić information content (AvgIpc) is 2.33. The monoisotopic (exact) mass is 326 g/mol. The number of nitrogens with zero attached hydrogens (tertiary/aromatic N) is 2. The number of aromatic nitrogens is 2. The summed E-state index contributed by atoms with van der Waals surface area (Å²) < 4.78 is 41.2. The van der Waals surface area contributed by atoms with Crippen molar-refractivity contribution in [2.24, 2.45) is 0 Å². The van der Waals surface area contributed by atoms with Gasteiger partial charge in [-0.3, -0.25) is 9.36 Å². The number of rotatable bonds is 0. The highest BCUT2D eigenvalue weighted by atomic mass is 19.4. The Hall–Kier alpha value is -1.85. The third kappa shape index (κ3) is 3.12. The molecule has 0 spiro atoms. The second-order valence-corrected chi connectivity index (χ2v) is 7.69. The van der Waals surface area contributed by atoms with Crippen LogP contribution in [-0.2, 0) is 17.1 Å². The van der Waals surface area contributed by atoms with Crippen molar-refractivity contribution < 1.29 is 13.2 Å². The van der Waals surface area contributed by atoms with E-state index in [1.54, 1.807) is 20.8 Å². The Kier molecular flexibility index (Phi) is 3.86. The second-order valence-electron chi connectivity index (χ2n) is 7.69. The molecule has 0 unspecified atom stereocenters. The Morgan fingerprint density at radius 3 is 2.00 bits per heavy atom. The minimum Gasteiger partial charge on any atom is -0.290 e. The highest BCUT2D eigenvalue weighted by Crippen LogP contribution is 2.34. The van der Waals surface area contributed by atoms with Crippen LogP contribution >= 0.6 is 0 Å². The standard InChI is InChI=1S/C17H21F3N2O/c1-15(2,3)14-21-11-9-7-8-10(17(18,19)20)12(11)13(23)22(14)16(4,5)6/h7-9H,1-6H3. The molecule has 0 radical (unpaired) electrons. The van der Waals surface area contributed by atoms with E-state index in [-0.39, 0.29) is 10.9 Å². The van der Waals surface area contributed by atoms with Crippen LogP contribution in [0.25, 0.3) is 10.9 Å². The van der Waals surface area contributed by atoms with Crippen molar-refractivity contribution in [1.82, 2.24) is 9.55 Å². The molecule has 6 heteroatoms. The molecule has 0 bridgehead atoms. The molecule has 0 N–H and O–H groups in total. The molecule has 0 aliphatic heterocycles. The molecule has 0 saturated carbocycles. The van der Waals surface area contributed by atoms with Gasteiger partial charge in [0.1, 0.15) is 5.82 Å². The third-order valence-corrected chi connectivity index (χ3v) is 3.54. The molecule has 1 aromatic heterocycles. The lowest BCUT2D eigenvalue weighted by atomic mass is 9.92. The molecule has 23 heavy (non-hydrogen) atoms. The van der Waals surface area contributed by atoms with Crippen LogP contribution in [0.5, 0.6) is 0 Å². The van der Waals surface area contributed by atoms with Gasteiger partial charge in [0.25, 0.3) is 5.56 Å².